The Morgan fingerprint density at radius 2 is 0.894 bits per heavy atom. The maximum Gasteiger partial charge on any atom is 0.217 e. The molecular weight excluding hydrogens is 628 g/mol. The van der Waals surface area contributed by atoms with Gasteiger partial charge in [-0.25, -0.2) is 0 Å². The number of rotatable bonds is 9. The number of hydrogen-bond donors (Lipinski definition) is 1. The molecule has 0 bridgehead atoms. The molecule has 4 aromatic rings. The molecule has 1 heterocycles. The number of aliphatic hydroxyl groups is 1. The number of allylic oxidation sites excluding steroid dienone is 1. The van der Waals surface area contributed by atoms with Crippen molar-refractivity contribution in [3.05, 3.63) is 156 Å². The van der Waals surface area contributed by atoms with Crippen molar-refractivity contribution < 1.29 is 27.0 Å². The number of carbonyl (C=O) groups excluding carboxylic acids is 1. The summed E-state index contributed by atoms with van der Waals surface area (Å²) in [7, 11) is 0. The van der Waals surface area contributed by atoms with E-state index >= 15 is 0 Å². The van der Waals surface area contributed by atoms with Crippen LogP contribution >= 0.6 is 0 Å². The smallest absolute Gasteiger partial charge is 0.217 e. The molecule has 0 aliphatic carbocycles. The molecule has 0 saturated heterocycles. The third-order valence-corrected chi connectivity index (χ3v) is 8.14. The monoisotopic (exact) mass is 675 g/mol. The van der Waals surface area contributed by atoms with Gasteiger partial charge < -0.3 is 14.9 Å². The van der Waals surface area contributed by atoms with Gasteiger partial charge >= 0.3 is 0 Å². The van der Waals surface area contributed by atoms with Gasteiger partial charge in [-0.15, -0.1) is 0 Å². The number of nitrogens with zero attached hydrogens (tertiary/aromatic N) is 2. The molecule has 249 valence electrons. The fourth-order valence-corrected chi connectivity index (χ4v) is 5.65. The first-order chi connectivity index (χ1) is 22.0. The van der Waals surface area contributed by atoms with Gasteiger partial charge in [0, 0.05) is 46.7 Å². The van der Waals surface area contributed by atoms with Crippen LogP contribution in [0.25, 0.3) is 5.76 Å². The molecule has 0 unspecified atom stereocenters. The Kier molecular flexibility index (Phi) is 13.7. The van der Waals surface area contributed by atoms with Crippen molar-refractivity contribution in [1.82, 2.24) is 0 Å². The SMILES string of the molecule is CC(C)c1cccc(C(C)C)c1N1[C]N(c2c(C(C)C)cccc2C(C)C)C=C1.O=C(C=C(O)c1ccccc1)c1ccccc1.[Cu]. The molecular formula is C42H48CuN2O2. The molecule has 1 aliphatic rings. The summed E-state index contributed by atoms with van der Waals surface area (Å²) in [6.07, 6.45) is 5.56. The van der Waals surface area contributed by atoms with Crippen LogP contribution in [0.5, 0.6) is 0 Å². The summed E-state index contributed by atoms with van der Waals surface area (Å²) < 4.78 is 0. The molecule has 4 nitrogen and oxygen atoms in total. The fourth-order valence-electron chi connectivity index (χ4n) is 5.65. The standard InChI is InChI=1S/C27H36N2.C15H12O2.Cu/c1-18(2)22-11-9-12-23(19(3)4)26(22)28-15-16-29(17-28)27-24(20(5)6)13-10-14-25(27)21(7)8;16-14(12-7-3-1-4-8-12)11-15(17)13-9-5-2-6-10-13;/h9-16,18-21H,1-8H3;1-11,16H;. The van der Waals surface area contributed by atoms with Gasteiger partial charge in [-0.2, -0.15) is 0 Å². The molecule has 0 aromatic heterocycles. The third kappa shape index (κ3) is 9.28. The van der Waals surface area contributed by atoms with Gasteiger partial charge in [-0.05, 0) is 45.9 Å². The second-order valence-corrected chi connectivity index (χ2v) is 13.0. The normalized spacial score (nSPS) is 12.9. The van der Waals surface area contributed by atoms with Gasteiger partial charge in [0.05, 0.1) is 11.4 Å². The van der Waals surface area contributed by atoms with Gasteiger partial charge in [0.1, 0.15) is 5.76 Å². The van der Waals surface area contributed by atoms with Crippen LogP contribution in [0.15, 0.2) is 116 Å². The molecule has 0 spiro atoms. The van der Waals surface area contributed by atoms with Crippen LogP contribution in [-0.4, -0.2) is 10.9 Å². The van der Waals surface area contributed by atoms with E-state index in [1.54, 1.807) is 36.4 Å². The van der Waals surface area contributed by atoms with Crippen molar-refractivity contribution in [2.75, 3.05) is 9.80 Å². The maximum absolute atomic E-state index is 11.8. The summed E-state index contributed by atoms with van der Waals surface area (Å²) in [4.78, 5) is 16.2. The average Bonchev–Trinajstić information content (AvgIpc) is 3.54. The largest absolute Gasteiger partial charge is 0.507 e. The molecule has 4 aromatic carbocycles. The molecule has 3 radical (unpaired) electrons. The van der Waals surface area contributed by atoms with E-state index in [1.807, 2.05) is 24.3 Å². The Bertz CT molecular complexity index is 1530. The van der Waals surface area contributed by atoms with Gasteiger partial charge in [0.2, 0.25) is 6.67 Å². The molecule has 5 rings (SSSR count). The molecule has 1 N–H and O–H groups in total. The first-order valence-electron chi connectivity index (χ1n) is 16.3. The van der Waals surface area contributed by atoms with Crippen LogP contribution < -0.4 is 9.80 Å². The second kappa shape index (κ2) is 17.2. The van der Waals surface area contributed by atoms with Gasteiger partial charge in [-0.1, -0.05) is 152 Å². The predicted octanol–water partition coefficient (Wildman–Crippen LogP) is 11.4. The van der Waals surface area contributed by atoms with E-state index in [-0.39, 0.29) is 28.6 Å². The minimum atomic E-state index is -0.202. The molecule has 0 atom stereocenters. The van der Waals surface area contributed by atoms with Crippen LogP contribution in [0.3, 0.4) is 0 Å². The number of para-hydroxylation sites is 2. The van der Waals surface area contributed by atoms with Crippen molar-refractivity contribution in [1.29, 1.82) is 0 Å². The summed E-state index contributed by atoms with van der Waals surface area (Å²) in [6, 6.07) is 31.3. The topological polar surface area (TPSA) is 43.8 Å². The van der Waals surface area contributed by atoms with Crippen molar-refractivity contribution >= 4 is 22.9 Å². The summed E-state index contributed by atoms with van der Waals surface area (Å²) in [5.41, 5.74) is 9.25. The first-order valence-corrected chi connectivity index (χ1v) is 16.3. The number of carbonyl (C=O) groups is 1. The quantitative estimate of drug-likeness (QED) is 0.0830. The van der Waals surface area contributed by atoms with Crippen molar-refractivity contribution in [3.63, 3.8) is 0 Å². The van der Waals surface area contributed by atoms with Crippen LogP contribution in [0.4, 0.5) is 11.4 Å². The van der Waals surface area contributed by atoms with Crippen molar-refractivity contribution in [2.24, 2.45) is 0 Å². The summed E-state index contributed by atoms with van der Waals surface area (Å²) in [5.74, 6) is 1.62. The Labute approximate surface area is 293 Å². The first kappa shape index (κ1) is 37.4. The molecule has 5 heteroatoms. The summed E-state index contributed by atoms with van der Waals surface area (Å²) >= 11 is 0. The minimum absolute atomic E-state index is 0. The van der Waals surface area contributed by atoms with E-state index in [4.69, 9.17) is 0 Å². The predicted molar refractivity (Wildman–Crippen MR) is 194 cm³/mol. The third-order valence-electron chi connectivity index (χ3n) is 8.14. The van der Waals surface area contributed by atoms with Crippen LogP contribution in [0.2, 0.25) is 0 Å². The number of aliphatic hydroxyl groups excluding tert-OH is 1. The van der Waals surface area contributed by atoms with Gasteiger partial charge in [0.25, 0.3) is 0 Å². The Morgan fingerprint density at radius 3 is 1.23 bits per heavy atom. The second-order valence-electron chi connectivity index (χ2n) is 13.0. The van der Waals surface area contributed by atoms with Crippen molar-refractivity contribution in [2.45, 2.75) is 79.1 Å². The number of hydrogen-bond acceptors (Lipinski definition) is 4. The summed E-state index contributed by atoms with van der Waals surface area (Å²) in [5, 5.41) is 9.79. The Morgan fingerprint density at radius 1 is 0.553 bits per heavy atom. The van der Waals surface area contributed by atoms with Gasteiger partial charge in [-0.3, -0.25) is 4.79 Å². The fraction of sp³-hybridized carbons (Fsp3) is 0.286. The molecule has 0 fully saturated rings. The zero-order valence-electron chi connectivity index (χ0n) is 28.8. The van der Waals surface area contributed by atoms with Gasteiger partial charge in [0.15, 0.2) is 5.78 Å². The molecule has 0 amide bonds. The van der Waals surface area contributed by atoms with Crippen LogP contribution in [-0.2, 0) is 17.1 Å². The number of benzene rings is 4. The summed E-state index contributed by atoms with van der Waals surface area (Å²) in [6.45, 7) is 21.8. The van der Waals surface area contributed by atoms with E-state index in [0.717, 1.165) is 0 Å². The zero-order valence-corrected chi connectivity index (χ0v) is 29.8. The van der Waals surface area contributed by atoms with E-state index < -0.39 is 0 Å². The minimum Gasteiger partial charge on any atom is -0.507 e. The molecule has 47 heavy (non-hydrogen) atoms. The van der Waals surface area contributed by atoms with E-state index in [1.165, 1.54) is 39.7 Å². The van der Waals surface area contributed by atoms with E-state index in [0.29, 0.717) is 34.8 Å². The van der Waals surface area contributed by atoms with Crippen molar-refractivity contribution in [3.8, 4) is 0 Å². The Hall–Kier alpha value is -4.05. The zero-order chi connectivity index (χ0) is 33.4. The number of ketones is 1. The average molecular weight is 676 g/mol. The van der Waals surface area contributed by atoms with Crippen LogP contribution in [0, 0.1) is 6.67 Å². The van der Waals surface area contributed by atoms with E-state index in [2.05, 4.69) is 121 Å². The molecule has 0 saturated carbocycles. The number of anilines is 2. The van der Waals surface area contributed by atoms with E-state index in [9.17, 15) is 9.90 Å². The maximum atomic E-state index is 11.8. The van der Waals surface area contributed by atoms with Crippen LogP contribution in [0.1, 0.15) is 117 Å². The molecule has 1 aliphatic heterocycles. The Balaban J connectivity index is 0.000000284.